The van der Waals surface area contributed by atoms with Gasteiger partial charge in [-0.1, -0.05) is 11.3 Å². The van der Waals surface area contributed by atoms with Crippen LogP contribution in [-0.4, -0.2) is 15.2 Å². The van der Waals surface area contributed by atoms with E-state index in [9.17, 15) is 0 Å². The molecule has 0 fully saturated rings. The van der Waals surface area contributed by atoms with Crippen molar-refractivity contribution in [3.63, 3.8) is 0 Å². The van der Waals surface area contributed by atoms with E-state index in [1.54, 1.807) is 17.5 Å². The average Bonchev–Trinajstić information content (AvgIpc) is 2.63. The Kier molecular flexibility index (Phi) is 2.01. The van der Waals surface area contributed by atoms with Crippen molar-refractivity contribution in [1.29, 1.82) is 0 Å². The third-order valence-electron chi connectivity index (χ3n) is 1.27. The second kappa shape index (κ2) is 3.16. The van der Waals surface area contributed by atoms with Gasteiger partial charge in [0.2, 0.25) is 5.13 Å². The standard InChI is InChI=1S/C6H6N4S2/c7-6-10-9-5(12-6)3-4-8-1-2-11-4/h1-2H,3H2,(H2,7,10). The largest absolute Gasteiger partial charge is 0.374 e. The SMILES string of the molecule is Nc1nnc(Cc2nccs2)s1. The van der Waals surface area contributed by atoms with Gasteiger partial charge >= 0.3 is 0 Å². The molecule has 0 aromatic carbocycles. The number of hydrogen-bond donors (Lipinski definition) is 1. The first-order chi connectivity index (χ1) is 5.84. The molecule has 2 aromatic rings. The lowest BCUT2D eigenvalue weighted by Gasteiger charge is -1.86. The Morgan fingerprint density at radius 2 is 2.25 bits per heavy atom. The van der Waals surface area contributed by atoms with Crippen molar-refractivity contribution in [2.75, 3.05) is 5.73 Å². The zero-order valence-electron chi connectivity index (χ0n) is 6.10. The fourth-order valence-corrected chi connectivity index (χ4v) is 2.13. The predicted octanol–water partition coefficient (Wildman–Crippen LogP) is 1.17. The van der Waals surface area contributed by atoms with E-state index in [0.29, 0.717) is 5.13 Å². The van der Waals surface area contributed by atoms with E-state index < -0.39 is 0 Å². The molecule has 4 nitrogen and oxygen atoms in total. The molecule has 0 aliphatic carbocycles. The van der Waals surface area contributed by atoms with Gasteiger partial charge in [0, 0.05) is 11.6 Å². The van der Waals surface area contributed by atoms with E-state index >= 15 is 0 Å². The molecule has 2 heterocycles. The van der Waals surface area contributed by atoms with Crippen molar-refractivity contribution in [2.45, 2.75) is 6.42 Å². The molecule has 62 valence electrons. The molecule has 6 heteroatoms. The topological polar surface area (TPSA) is 64.7 Å². The van der Waals surface area contributed by atoms with Gasteiger partial charge in [0.25, 0.3) is 0 Å². The maximum atomic E-state index is 5.44. The second-order valence-electron chi connectivity index (χ2n) is 2.14. The molecular formula is C6H6N4S2. The molecule has 0 unspecified atom stereocenters. The lowest BCUT2D eigenvalue weighted by atomic mass is 10.5. The van der Waals surface area contributed by atoms with Gasteiger partial charge in [-0.05, 0) is 0 Å². The molecule has 0 spiro atoms. The van der Waals surface area contributed by atoms with Crippen LogP contribution < -0.4 is 5.73 Å². The van der Waals surface area contributed by atoms with Crippen molar-refractivity contribution >= 4 is 27.8 Å². The molecule has 0 radical (unpaired) electrons. The quantitative estimate of drug-likeness (QED) is 0.786. The number of aromatic nitrogens is 3. The number of nitrogen functional groups attached to an aromatic ring is 1. The van der Waals surface area contributed by atoms with Crippen LogP contribution in [0.4, 0.5) is 5.13 Å². The minimum atomic E-state index is 0.515. The molecule has 0 aliphatic heterocycles. The Hall–Kier alpha value is -1.01. The predicted molar refractivity (Wildman–Crippen MR) is 49.2 cm³/mol. The molecule has 0 bridgehead atoms. The van der Waals surface area contributed by atoms with Crippen LogP contribution in [0.1, 0.15) is 10.0 Å². The highest BCUT2D eigenvalue weighted by atomic mass is 32.1. The zero-order chi connectivity index (χ0) is 8.39. The van der Waals surface area contributed by atoms with Crippen LogP contribution in [0.15, 0.2) is 11.6 Å². The Labute approximate surface area is 77.1 Å². The van der Waals surface area contributed by atoms with Gasteiger partial charge in [-0.15, -0.1) is 21.5 Å². The molecule has 0 aliphatic rings. The van der Waals surface area contributed by atoms with Gasteiger partial charge in [-0.3, -0.25) is 0 Å². The third kappa shape index (κ3) is 1.59. The molecule has 12 heavy (non-hydrogen) atoms. The number of anilines is 1. The summed E-state index contributed by atoms with van der Waals surface area (Å²) in [4.78, 5) is 4.14. The summed E-state index contributed by atoms with van der Waals surface area (Å²) in [5, 5.41) is 12.0. The summed E-state index contributed by atoms with van der Waals surface area (Å²) in [7, 11) is 0. The van der Waals surface area contributed by atoms with E-state index in [4.69, 9.17) is 5.73 Å². The first-order valence-electron chi connectivity index (χ1n) is 3.31. The number of rotatable bonds is 2. The normalized spacial score (nSPS) is 10.3. The van der Waals surface area contributed by atoms with Gasteiger partial charge in [0.1, 0.15) is 5.01 Å². The van der Waals surface area contributed by atoms with Gasteiger partial charge in [-0.2, -0.15) is 0 Å². The van der Waals surface area contributed by atoms with E-state index in [2.05, 4.69) is 15.2 Å². The van der Waals surface area contributed by atoms with Gasteiger partial charge in [0.15, 0.2) is 0 Å². The van der Waals surface area contributed by atoms with E-state index in [-0.39, 0.29) is 0 Å². The maximum absolute atomic E-state index is 5.44. The molecule has 0 atom stereocenters. The van der Waals surface area contributed by atoms with E-state index in [0.717, 1.165) is 16.4 Å². The first-order valence-corrected chi connectivity index (χ1v) is 5.00. The smallest absolute Gasteiger partial charge is 0.203 e. The Bertz CT molecular complexity index is 353. The highest BCUT2D eigenvalue weighted by Crippen LogP contribution is 2.16. The molecule has 0 saturated heterocycles. The van der Waals surface area contributed by atoms with Crippen LogP contribution in [0, 0.1) is 0 Å². The summed E-state index contributed by atoms with van der Waals surface area (Å²) in [6.45, 7) is 0. The van der Waals surface area contributed by atoms with Crippen molar-refractivity contribution in [2.24, 2.45) is 0 Å². The van der Waals surface area contributed by atoms with E-state index in [1.807, 2.05) is 5.38 Å². The van der Waals surface area contributed by atoms with Crippen molar-refractivity contribution < 1.29 is 0 Å². The number of hydrogen-bond acceptors (Lipinski definition) is 6. The lowest BCUT2D eigenvalue weighted by Crippen LogP contribution is -1.85. The van der Waals surface area contributed by atoms with Crippen LogP contribution in [0.25, 0.3) is 0 Å². The molecule has 2 N–H and O–H groups in total. The van der Waals surface area contributed by atoms with Crippen LogP contribution in [0.5, 0.6) is 0 Å². The maximum Gasteiger partial charge on any atom is 0.203 e. The van der Waals surface area contributed by atoms with Crippen LogP contribution in [0.3, 0.4) is 0 Å². The van der Waals surface area contributed by atoms with Gasteiger partial charge < -0.3 is 5.73 Å². The molecule has 2 rings (SSSR count). The summed E-state index contributed by atoms with van der Waals surface area (Å²) in [5.74, 6) is 0. The summed E-state index contributed by atoms with van der Waals surface area (Å²) in [6.07, 6.45) is 2.52. The Balaban J connectivity index is 2.14. The molecule has 0 saturated carbocycles. The first kappa shape index (κ1) is 7.63. The summed E-state index contributed by atoms with van der Waals surface area (Å²) < 4.78 is 0. The second-order valence-corrected chi connectivity index (χ2v) is 4.21. The Morgan fingerprint density at radius 1 is 1.33 bits per heavy atom. The van der Waals surface area contributed by atoms with Gasteiger partial charge in [-0.25, -0.2) is 4.98 Å². The summed E-state index contributed by atoms with van der Waals surface area (Å²) in [6, 6.07) is 0. The number of nitrogens with zero attached hydrogens (tertiary/aromatic N) is 3. The molecular weight excluding hydrogens is 192 g/mol. The average molecular weight is 198 g/mol. The molecule has 0 amide bonds. The fraction of sp³-hybridized carbons (Fsp3) is 0.167. The number of thiazole rings is 1. The lowest BCUT2D eigenvalue weighted by molar-refractivity contribution is 0.999. The third-order valence-corrected chi connectivity index (χ3v) is 2.80. The summed E-state index contributed by atoms with van der Waals surface area (Å²) in [5.41, 5.74) is 5.44. The minimum absolute atomic E-state index is 0.515. The Morgan fingerprint density at radius 3 is 2.83 bits per heavy atom. The van der Waals surface area contributed by atoms with Crippen molar-refractivity contribution in [3.05, 3.63) is 21.6 Å². The van der Waals surface area contributed by atoms with Crippen LogP contribution in [0.2, 0.25) is 0 Å². The van der Waals surface area contributed by atoms with Crippen LogP contribution in [-0.2, 0) is 6.42 Å². The van der Waals surface area contributed by atoms with E-state index in [1.165, 1.54) is 11.3 Å². The van der Waals surface area contributed by atoms with Gasteiger partial charge in [0.05, 0.1) is 11.4 Å². The highest BCUT2D eigenvalue weighted by molar-refractivity contribution is 7.15. The molecule has 2 aromatic heterocycles. The van der Waals surface area contributed by atoms with Crippen molar-refractivity contribution in [3.8, 4) is 0 Å². The monoisotopic (exact) mass is 198 g/mol. The van der Waals surface area contributed by atoms with Crippen molar-refractivity contribution in [1.82, 2.24) is 15.2 Å². The van der Waals surface area contributed by atoms with Crippen LogP contribution >= 0.6 is 22.7 Å². The fourth-order valence-electron chi connectivity index (χ4n) is 0.808. The summed E-state index contributed by atoms with van der Waals surface area (Å²) >= 11 is 3.02. The minimum Gasteiger partial charge on any atom is -0.374 e. The highest BCUT2D eigenvalue weighted by Gasteiger charge is 2.03. The number of nitrogens with two attached hydrogens (primary N) is 1. The zero-order valence-corrected chi connectivity index (χ0v) is 7.73.